The number of nitrogens with zero attached hydrogens (tertiary/aromatic N) is 1. The van der Waals surface area contributed by atoms with E-state index >= 15 is 0 Å². The van der Waals surface area contributed by atoms with Gasteiger partial charge >= 0.3 is 0 Å². The van der Waals surface area contributed by atoms with Crippen LogP contribution in [0.3, 0.4) is 0 Å². The lowest BCUT2D eigenvalue weighted by Crippen LogP contribution is -2.40. The van der Waals surface area contributed by atoms with Crippen molar-refractivity contribution in [3.05, 3.63) is 0 Å². The molecule has 3 heteroatoms. The second-order valence-corrected chi connectivity index (χ2v) is 4.90. The molecule has 0 aliphatic carbocycles. The van der Waals surface area contributed by atoms with Gasteiger partial charge in [0.1, 0.15) is 0 Å². The lowest BCUT2D eigenvalue weighted by molar-refractivity contribution is 0.0508. The smallest absolute Gasteiger partial charge is 0.0469 e. The fourth-order valence-corrected chi connectivity index (χ4v) is 2.86. The summed E-state index contributed by atoms with van der Waals surface area (Å²) in [7, 11) is 2.06. The maximum Gasteiger partial charge on any atom is 0.0469 e. The van der Waals surface area contributed by atoms with Crippen LogP contribution >= 0.6 is 0 Å². The van der Waals surface area contributed by atoms with Gasteiger partial charge in [0.2, 0.25) is 0 Å². The van der Waals surface area contributed by atoms with Crippen LogP contribution in [0.25, 0.3) is 0 Å². The van der Waals surface area contributed by atoms with Crippen molar-refractivity contribution >= 4 is 0 Å². The third-order valence-electron chi connectivity index (χ3n) is 3.77. The molecule has 1 N–H and O–H groups in total. The molecule has 2 rings (SSSR count). The van der Waals surface area contributed by atoms with E-state index in [0.29, 0.717) is 0 Å². The monoisotopic (exact) mass is 212 g/mol. The van der Waals surface area contributed by atoms with Gasteiger partial charge in [-0.25, -0.2) is 0 Å². The average molecular weight is 212 g/mol. The zero-order chi connectivity index (χ0) is 10.5. The third kappa shape index (κ3) is 3.16. The van der Waals surface area contributed by atoms with Crippen molar-refractivity contribution in [2.24, 2.45) is 5.92 Å². The number of nitrogens with one attached hydrogen (secondary N) is 1. The summed E-state index contributed by atoms with van der Waals surface area (Å²) in [5, 5.41) is 3.31. The number of rotatable bonds is 4. The fourth-order valence-electron chi connectivity index (χ4n) is 2.86. The SMILES string of the molecule is CNCC1CCCN1CC1CCOCC1. The minimum Gasteiger partial charge on any atom is -0.381 e. The molecule has 0 bridgehead atoms. The molecule has 15 heavy (non-hydrogen) atoms. The minimum absolute atomic E-state index is 0.790. The van der Waals surface area contributed by atoms with E-state index in [1.807, 2.05) is 0 Å². The van der Waals surface area contributed by atoms with Gasteiger partial charge in [-0.2, -0.15) is 0 Å². The van der Waals surface area contributed by atoms with Gasteiger partial charge in [0, 0.05) is 32.3 Å². The third-order valence-corrected chi connectivity index (χ3v) is 3.77. The van der Waals surface area contributed by atoms with Crippen molar-refractivity contribution < 1.29 is 4.74 Å². The predicted octanol–water partition coefficient (Wildman–Crippen LogP) is 1.10. The van der Waals surface area contributed by atoms with Gasteiger partial charge in [0.25, 0.3) is 0 Å². The summed E-state index contributed by atoms with van der Waals surface area (Å²) < 4.78 is 5.41. The second-order valence-electron chi connectivity index (χ2n) is 4.90. The Labute approximate surface area is 93.2 Å². The topological polar surface area (TPSA) is 24.5 Å². The van der Waals surface area contributed by atoms with Crippen molar-refractivity contribution in [2.75, 3.05) is 39.9 Å². The maximum absolute atomic E-state index is 5.41. The van der Waals surface area contributed by atoms with Crippen molar-refractivity contribution in [2.45, 2.75) is 31.7 Å². The quantitative estimate of drug-likeness (QED) is 0.755. The molecule has 3 nitrogen and oxygen atoms in total. The number of likely N-dealkylation sites (tertiary alicyclic amines) is 1. The molecule has 88 valence electrons. The van der Waals surface area contributed by atoms with Crippen LogP contribution < -0.4 is 5.32 Å². The van der Waals surface area contributed by atoms with Crippen molar-refractivity contribution in [3.8, 4) is 0 Å². The zero-order valence-corrected chi connectivity index (χ0v) is 9.87. The Morgan fingerprint density at radius 1 is 1.27 bits per heavy atom. The summed E-state index contributed by atoms with van der Waals surface area (Å²) in [6, 6.07) is 0.790. The van der Waals surface area contributed by atoms with E-state index < -0.39 is 0 Å². The number of hydrogen-bond donors (Lipinski definition) is 1. The highest BCUT2D eigenvalue weighted by atomic mass is 16.5. The summed E-state index contributed by atoms with van der Waals surface area (Å²) in [5.74, 6) is 0.885. The number of likely N-dealkylation sites (N-methyl/N-ethyl adjacent to an activating group) is 1. The predicted molar refractivity (Wildman–Crippen MR) is 62.1 cm³/mol. The first kappa shape index (κ1) is 11.4. The second kappa shape index (κ2) is 5.83. The van der Waals surface area contributed by atoms with Crippen LogP contribution in [0.5, 0.6) is 0 Å². The first-order valence-corrected chi connectivity index (χ1v) is 6.36. The van der Waals surface area contributed by atoms with Crippen LogP contribution in [-0.2, 0) is 4.74 Å². The minimum atomic E-state index is 0.790. The molecule has 2 heterocycles. The molecule has 2 saturated heterocycles. The van der Waals surface area contributed by atoms with Crippen molar-refractivity contribution in [1.82, 2.24) is 10.2 Å². The van der Waals surface area contributed by atoms with Crippen LogP contribution in [0.4, 0.5) is 0 Å². The molecule has 0 aromatic carbocycles. The molecule has 2 aliphatic heterocycles. The van der Waals surface area contributed by atoms with Gasteiger partial charge in [-0.1, -0.05) is 0 Å². The van der Waals surface area contributed by atoms with Gasteiger partial charge in [-0.15, -0.1) is 0 Å². The Hall–Kier alpha value is -0.120. The van der Waals surface area contributed by atoms with E-state index in [2.05, 4.69) is 17.3 Å². The fraction of sp³-hybridized carbons (Fsp3) is 1.00. The molecule has 1 unspecified atom stereocenters. The average Bonchev–Trinajstić information content (AvgIpc) is 2.68. The van der Waals surface area contributed by atoms with Gasteiger partial charge in [0.05, 0.1) is 0 Å². The van der Waals surface area contributed by atoms with Crippen LogP contribution in [0.15, 0.2) is 0 Å². The highest BCUT2D eigenvalue weighted by Crippen LogP contribution is 2.22. The van der Waals surface area contributed by atoms with Crippen LogP contribution in [0.1, 0.15) is 25.7 Å². The van der Waals surface area contributed by atoms with Gasteiger partial charge in [0.15, 0.2) is 0 Å². The molecule has 0 aromatic rings. The van der Waals surface area contributed by atoms with Gasteiger partial charge in [-0.3, -0.25) is 4.90 Å². The van der Waals surface area contributed by atoms with E-state index in [4.69, 9.17) is 4.74 Å². The Morgan fingerprint density at radius 3 is 2.80 bits per heavy atom. The molecule has 2 aliphatic rings. The van der Waals surface area contributed by atoms with Gasteiger partial charge < -0.3 is 10.1 Å². The van der Waals surface area contributed by atoms with E-state index in [9.17, 15) is 0 Å². The lowest BCUT2D eigenvalue weighted by Gasteiger charge is -2.30. The number of hydrogen-bond acceptors (Lipinski definition) is 3. The molecular formula is C12H24N2O. The molecule has 0 saturated carbocycles. The summed E-state index contributed by atoms with van der Waals surface area (Å²) in [4.78, 5) is 2.69. The van der Waals surface area contributed by atoms with Crippen molar-refractivity contribution in [3.63, 3.8) is 0 Å². The van der Waals surface area contributed by atoms with Crippen LogP contribution in [0, 0.1) is 5.92 Å². The molecule has 0 spiro atoms. The lowest BCUT2D eigenvalue weighted by atomic mass is 9.99. The Kier molecular flexibility index (Phi) is 4.42. The highest BCUT2D eigenvalue weighted by Gasteiger charge is 2.26. The number of ether oxygens (including phenoxy) is 1. The highest BCUT2D eigenvalue weighted by molar-refractivity contribution is 4.82. The molecular weight excluding hydrogens is 188 g/mol. The summed E-state index contributed by atoms with van der Waals surface area (Å²) in [6.07, 6.45) is 5.30. The Bertz CT molecular complexity index is 180. The Balaban J connectivity index is 1.76. The van der Waals surface area contributed by atoms with E-state index in [1.54, 1.807) is 0 Å². The molecule has 0 radical (unpaired) electrons. The van der Waals surface area contributed by atoms with E-state index in [-0.39, 0.29) is 0 Å². The summed E-state index contributed by atoms with van der Waals surface area (Å²) in [5.41, 5.74) is 0. The van der Waals surface area contributed by atoms with Crippen LogP contribution in [0.2, 0.25) is 0 Å². The van der Waals surface area contributed by atoms with E-state index in [1.165, 1.54) is 38.8 Å². The van der Waals surface area contributed by atoms with Gasteiger partial charge in [-0.05, 0) is 45.2 Å². The normalized spacial score (nSPS) is 29.8. The molecule has 1 atom stereocenters. The summed E-state index contributed by atoms with van der Waals surface area (Å²) in [6.45, 7) is 5.73. The van der Waals surface area contributed by atoms with Crippen molar-refractivity contribution in [1.29, 1.82) is 0 Å². The molecule has 2 fully saturated rings. The first-order chi connectivity index (χ1) is 7.40. The van der Waals surface area contributed by atoms with Crippen LogP contribution in [-0.4, -0.2) is 50.8 Å². The first-order valence-electron chi connectivity index (χ1n) is 6.36. The standard InChI is InChI=1S/C12H24N2O/c1-13-9-12-3-2-6-14(12)10-11-4-7-15-8-5-11/h11-13H,2-10H2,1H3. The maximum atomic E-state index is 5.41. The zero-order valence-electron chi connectivity index (χ0n) is 9.87. The molecule has 0 amide bonds. The Morgan fingerprint density at radius 2 is 2.07 bits per heavy atom. The van der Waals surface area contributed by atoms with E-state index in [0.717, 1.165) is 31.7 Å². The molecule has 0 aromatic heterocycles. The largest absolute Gasteiger partial charge is 0.381 e. The summed E-state index contributed by atoms with van der Waals surface area (Å²) >= 11 is 0.